The number of benzene rings is 2. The Kier molecular flexibility index (Phi) is 6.41. The fourth-order valence-electron chi connectivity index (χ4n) is 4.30. The van der Waals surface area contributed by atoms with Crippen LogP contribution in [0.25, 0.3) is 17.0 Å². The van der Waals surface area contributed by atoms with Gasteiger partial charge in [0.25, 0.3) is 5.91 Å². The minimum absolute atomic E-state index is 0.00922. The summed E-state index contributed by atoms with van der Waals surface area (Å²) in [6.07, 6.45) is 0.00703. The van der Waals surface area contributed by atoms with Gasteiger partial charge < -0.3 is 10.2 Å². The van der Waals surface area contributed by atoms with Gasteiger partial charge in [0.15, 0.2) is 5.17 Å². The fourth-order valence-corrected chi connectivity index (χ4v) is 5.26. The highest BCUT2D eigenvalue weighted by molar-refractivity contribution is 8.18. The largest absolute Gasteiger partial charge is 0.416 e. The standard InChI is InChI=1S/C25H24F3N5OS/c1-16-3-5-18(20(11-16)25(26,27)28)15-33-21-6-4-17(12-19(21)14-30-33)13-22-23(34)31-24(35-22)32-9-2-7-29-8-10-32/h3-6,11-14,29H,2,7-10,15H2,1H3/b22-13-. The molecule has 0 unspecified atom stereocenters. The Balaban J connectivity index is 1.36. The number of amides is 1. The molecule has 0 saturated carbocycles. The molecule has 6 nitrogen and oxygen atoms in total. The molecule has 35 heavy (non-hydrogen) atoms. The van der Waals surface area contributed by atoms with Crippen molar-refractivity contribution in [1.82, 2.24) is 20.0 Å². The highest BCUT2D eigenvalue weighted by Gasteiger charge is 2.33. The molecule has 3 aromatic rings. The molecule has 0 radical (unpaired) electrons. The Bertz CT molecular complexity index is 1340. The van der Waals surface area contributed by atoms with Crippen molar-refractivity contribution >= 4 is 39.8 Å². The Morgan fingerprint density at radius 3 is 2.83 bits per heavy atom. The minimum Gasteiger partial charge on any atom is -0.349 e. The minimum atomic E-state index is -4.43. The number of aromatic nitrogens is 2. The van der Waals surface area contributed by atoms with E-state index in [-0.39, 0.29) is 18.0 Å². The van der Waals surface area contributed by atoms with E-state index in [1.165, 1.54) is 23.9 Å². The van der Waals surface area contributed by atoms with Crippen LogP contribution in [-0.2, 0) is 17.5 Å². The topological polar surface area (TPSA) is 62.5 Å². The van der Waals surface area contributed by atoms with E-state index in [1.807, 2.05) is 18.2 Å². The van der Waals surface area contributed by atoms with E-state index in [0.29, 0.717) is 10.5 Å². The van der Waals surface area contributed by atoms with E-state index >= 15 is 0 Å². The van der Waals surface area contributed by atoms with Crippen molar-refractivity contribution in [2.45, 2.75) is 26.1 Å². The van der Waals surface area contributed by atoms with Gasteiger partial charge in [-0.3, -0.25) is 9.48 Å². The van der Waals surface area contributed by atoms with Crippen LogP contribution >= 0.6 is 11.8 Å². The van der Waals surface area contributed by atoms with Crippen molar-refractivity contribution in [2.24, 2.45) is 4.99 Å². The summed E-state index contributed by atoms with van der Waals surface area (Å²) in [5.74, 6) is -0.253. The van der Waals surface area contributed by atoms with E-state index in [1.54, 1.807) is 29.9 Å². The van der Waals surface area contributed by atoms with Crippen LogP contribution < -0.4 is 5.32 Å². The first-order chi connectivity index (χ1) is 16.8. The van der Waals surface area contributed by atoms with Crippen molar-refractivity contribution in [1.29, 1.82) is 0 Å². The third kappa shape index (κ3) is 5.13. The number of rotatable bonds is 3. The van der Waals surface area contributed by atoms with Crippen molar-refractivity contribution in [2.75, 3.05) is 26.2 Å². The van der Waals surface area contributed by atoms with Crippen molar-refractivity contribution in [3.05, 3.63) is 69.8 Å². The molecular weight excluding hydrogens is 475 g/mol. The number of thioether (sulfide) groups is 1. The van der Waals surface area contributed by atoms with E-state index < -0.39 is 11.7 Å². The lowest BCUT2D eigenvalue weighted by Crippen LogP contribution is -2.31. The zero-order valence-electron chi connectivity index (χ0n) is 19.1. The van der Waals surface area contributed by atoms with Gasteiger partial charge in [0, 0.05) is 25.0 Å². The first-order valence-electron chi connectivity index (χ1n) is 11.4. The van der Waals surface area contributed by atoms with Crippen molar-refractivity contribution in [3.63, 3.8) is 0 Å². The van der Waals surface area contributed by atoms with Gasteiger partial charge >= 0.3 is 6.18 Å². The Labute approximate surface area is 204 Å². The predicted molar refractivity (Wildman–Crippen MR) is 132 cm³/mol. The average Bonchev–Trinajstić information content (AvgIpc) is 3.25. The normalized spacial score (nSPS) is 18.4. The number of alkyl halides is 3. The molecule has 1 aromatic heterocycles. The number of carbonyl (C=O) groups excluding carboxylic acids is 1. The van der Waals surface area contributed by atoms with Crippen LogP contribution in [0.2, 0.25) is 0 Å². The Morgan fingerprint density at radius 1 is 1.14 bits per heavy atom. The molecule has 10 heteroatoms. The van der Waals surface area contributed by atoms with Gasteiger partial charge in [-0.2, -0.15) is 23.3 Å². The van der Waals surface area contributed by atoms with Gasteiger partial charge in [-0.25, -0.2) is 0 Å². The highest BCUT2D eigenvalue weighted by Crippen LogP contribution is 2.34. The molecule has 0 aliphatic carbocycles. The van der Waals surface area contributed by atoms with Crippen molar-refractivity contribution < 1.29 is 18.0 Å². The molecule has 0 atom stereocenters. The molecular formula is C25H24F3N5OS. The number of hydrogen-bond donors (Lipinski definition) is 1. The summed E-state index contributed by atoms with van der Waals surface area (Å²) < 4.78 is 42.2. The van der Waals surface area contributed by atoms with Gasteiger partial charge in [-0.05, 0) is 67.1 Å². The maximum Gasteiger partial charge on any atom is 0.416 e. The molecule has 0 bridgehead atoms. The molecule has 2 aliphatic rings. The summed E-state index contributed by atoms with van der Waals surface area (Å²) in [5, 5.41) is 9.19. The maximum atomic E-state index is 13.5. The van der Waals surface area contributed by atoms with E-state index in [2.05, 4.69) is 20.3 Å². The zero-order chi connectivity index (χ0) is 24.6. The summed E-state index contributed by atoms with van der Waals surface area (Å²) in [5.41, 5.74) is 1.62. The first-order valence-corrected chi connectivity index (χ1v) is 12.2. The molecule has 2 aromatic carbocycles. The molecule has 1 N–H and O–H groups in total. The lowest BCUT2D eigenvalue weighted by molar-refractivity contribution is -0.138. The number of carbonyl (C=O) groups is 1. The quantitative estimate of drug-likeness (QED) is 0.531. The number of nitrogens with zero attached hydrogens (tertiary/aromatic N) is 4. The number of aryl methyl sites for hydroxylation is 1. The molecule has 2 aliphatic heterocycles. The van der Waals surface area contributed by atoms with Crippen LogP contribution in [0.5, 0.6) is 0 Å². The monoisotopic (exact) mass is 499 g/mol. The SMILES string of the molecule is Cc1ccc(Cn2ncc3cc(/C=C4\SC(N5CCCNCC5)=NC4=O)ccc32)c(C(F)(F)F)c1. The second kappa shape index (κ2) is 9.50. The van der Waals surface area contributed by atoms with Gasteiger partial charge in [-0.1, -0.05) is 23.8 Å². The summed E-state index contributed by atoms with van der Waals surface area (Å²) in [4.78, 5) is 19.4. The van der Waals surface area contributed by atoms with Crippen LogP contribution in [0, 0.1) is 6.92 Å². The number of amidine groups is 1. The smallest absolute Gasteiger partial charge is 0.349 e. The summed E-state index contributed by atoms with van der Waals surface area (Å²) >= 11 is 1.38. The maximum absolute atomic E-state index is 13.5. The highest BCUT2D eigenvalue weighted by atomic mass is 32.2. The molecule has 0 spiro atoms. The van der Waals surface area contributed by atoms with Crippen LogP contribution in [0.4, 0.5) is 13.2 Å². The van der Waals surface area contributed by atoms with Crippen LogP contribution in [0.15, 0.2) is 52.5 Å². The molecule has 1 fully saturated rings. The third-order valence-electron chi connectivity index (χ3n) is 6.07. The molecule has 1 saturated heterocycles. The second-order valence-corrected chi connectivity index (χ2v) is 9.69. The lowest BCUT2D eigenvalue weighted by atomic mass is 10.0. The second-order valence-electron chi connectivity index (χ2n) is 8.68. The molecule has 3 heterocycles. The lowest BCUT2D eigenvalue weighted by Gasteiger charge is -2.20. The number of halogens is 3. The number of nitrogens with one attached hydrogen (secondary N) is 1. The fraction of sp³-hybridized carbons (Fsp3) is 0.320. The van der Waals surface area contributed by atoms with Crippen LogP contribution in [0.1, 0.15) is 28.7 Å². The number of aliphatic imine (C=N–C) groups is 1. The van der Waals surface area contributed by atoms with Gasteiger partial charge in [0.1, 0.15) is 0 Å². The van der Waals surface area contributed by atoms with E-state index in [9.17, 15) is 18.0 Å². The summed E-state index contributed by atoms with van der Waals surface area (Å²) in [7, 11) is 0. The van der Waals surface area contributed by atoms with Gasteiger partial charge in [0.2, 0.25) is 0 Å². The predicted octanol–water partition coefficient (Wildman–Crippen LogP) is 4.68. The van der Waals surface area contributed by atoms with Gasteiger partial charge in [0.05, 0.1) is 28.7 Å². The first kappa shape index (κ1) is 23.6. The molecule has 182 valence electrons. The molecule has 5 rings (SSSR count). The van der Waals surface area contributed by atoms with Gasteiger partial charge in [-0.15, -0.1) is 0 Å². The summed E-state index contributed by atoms with van der Waals surface area (Å²) in [6, 6.07) is 9.89. The van der Waals surface area contributed by atoms with E-state index in [0.717, 1.165) is 54.2 Å². The zero-order valence-corrected chi connectivity index (χ0v) is 19.9. The average molecular weight is 500 g/mol. The van der Waals surface area contributed by atoms with Crippen LogP contribution in [-0.4, -0.2) is 51.9 Å². The Morgan fingerprint density at radius 2 is 2.00 bits per heavy atom. The number of hydrogen-bond acceptors (Lipinski definition) is 5. The van der Waals surface area contributed by atoms with Crippen LogP contribution in [0.3, 0.4) is 0 Å². The summed E-state index contributed by atoms with van der Waals surface area (Å²) in [6.45, 7) is 5.15. The number of fused-ring (bicyclic) bond motifs is 1. The third-order valence-corrected chi connectivity index (χ3v) is 7.12. The Hall–Kier alpha value is -3.11. The molecule has 1 amide bonds. The van der Waals surface area contributed by atoms with Crippen molar-refractivity contribution in [3.8, 4) is 0 Å². The van der Waals surface area contributed by atoms with E-state index in [4.69, 9.17) is 0 Å².